The van der Waals surface area contributed by atoms with Gasteiger partial charge in [0.2, 0.25) is 0 Å². The van der Waals surface area contributed by atoms with Gasteiger partial charge >= 0.3 is 0 Å². The summed E-state index contributed by atoms with van der Waals surface area (Å²) in [6.07, 6.45) is -4.33. The minimum atomic E-state index is -1.25. The third kappa shape index (κ3) is 2.89. The maximum atomic E-state index is 9.65. The summed E-state index contributed by atoms with van der Waals surface area (Å²) in [6, 6.07) is 0. The Kier molecular flexibility index (Phi) is 4.48. The van der Waals surface area contributed by atoms with Gasteiger partial charge in [-0.3, -0.25) is 0 Å². The van der Waals surface area contributed by atoms with Gasteiger partial charge in [0, 0.05) is 0 Å². The zero-order valence-corrected chi connectivity index (χ0v) is 9.08. The first-order valence-electron chi connectivity index (χ1n) is 5.28. The molecule has 5 atom stereocenters. The number of aliphatic hydroxyl groups excluding tert-OH is 4. The van der Waals surface area contributed by atoms with Gasteiger partial charge in [-0.05, 0) is 12.3 Å². The van der Waals surface area contributed by atoms with E-state index in [0.717, 1.165) is 0 Å². The lowest BCUT2D eigenvalue weighted by Crippen LogP contribution is -2.58. The molecule has 0 aliphatic carbocycles. The average molecular weight is 220 g/mol. The summed E-state index contributed by atoms with van der Waals surface area (Å²) in [6.45, 7) is 3.59. The second-order valence-electron chi connectivity index (χ2n) is 4.50. The normalized spacial score (nSPS) is 42.2. The van der Waals surface area contributed by atoms with Crippen molar-refractivity contribution in [3.05, 3.63) is 0 Å². The van der Waals surface area contributed by atoms with E-state index >= 15 is 0 Å². The van der Waals surface area contributed by atoms with Crippen molar-refractivity contribution in [1.82, 2.24) is 0 Å². The van der Waals surface area contributed by atoms with E-state index in [9.17, 15) is 15.3 Å². The molecule has 1 aliphatic heterocycles. The highest BCUT2D eigenvalue weighted by Gasteiger charge is 2.43. The summed E-state index contributed by atoms with van der Waals surface area (Å²) in [5.41, 5.74) is 0. The van der Waals surface area contributed by atoms with Crippen molar-refractivity contribution in [2.75, 3.05) is 6.61 Å². The van der Waals surface area contributed by atoms with Crippen LogP contribution in [0.3, 0.4) is 0 Å². The van der Waals surface area contributed by atoms with E-state index in [1.165, 1.54) is 0 Å². The Bertz CT molecular complexity index is 194. The number of aliphatic hydroxyl groups is 4. The molecule has 1 saturated heterocycles. The zero-order chi connectivity index (χ0) is 11.6. The molecule has 0 amide bonds. The second kappa shape index (κ2) is 5.23. The molecule has 90 valence electrons. The molecule has 1 aliphatic rings. The molecule has 1 fully saturated rings. The lowest BCUT2D eigenvalue weighted by atomic mass is 9.91. The van der Waals surface area contributed by atoms with E-state index in [1.807, 2.05) is 13.8 Å². The van der Waals surface area contributed by atoms with Gasteiger partial charge in [0.15, 0.2) is 0 Å². The summed E-state index contributed by atoms with van der Waals surface area (Å²) >= 11 is 0. The Morgan fingerprint density at radius 3 is 2.00 bits per heavy atom. The van der Waals surface area contributed by atoms with Gasteiger partial charge in [0.1, 0.15) is 24.4 Å². The topological polar surface area (TPSA) is 90.2 Å². The summed E-state index contributed by atoms with van der Waals surface area (Å²) in [5.74, 6) is 0.312. The van der Waals surface area contributed by atoms with Crippen molar-refractivity contribution in [2.24, 2.45) is 5.92 Å². The predicted octanol–water partition coefficient (Wildman–Crippen LogP) is -1.13. The molecule has 0 spiro atoms. The van der Waals surface area contributed by atoms with E-state index in [0.29, 0.717) is 12.3 Å². The molecule has 1 heterocycles. The molecule has 0 aromatic heterocycles. The molecule has 0 unspecified atom stereocenters. The van der Waals surface area contributed by atoms with Gasteiger partial charge < -0.3 is 25.2 Å². The molecule has 15 heavy (non-hydrogen) atoms. The molecule has 0 saturated carbocycles. The van der Waals surface area contributed by atoms with Gasteiger partial charge in [-0.15, -0.1) is 0 Å². The molecule has 0 aromatic rings. The summed E-state index contributed by atoms with van der Waals surface area (Å²) in [5, 5.41) is 37.6. The molecule has 5 nitrogen and oxygen atoms in total. The summed E-state index contributed by atoms with van der Waals surface area (Å²) in [7, 11) is 0. The minimum absolute atomic E-state index is 0.312. The molecule has 0 radical (unpaired) electrons. The van der Waals surface area contributed by atoms with Gasteiger partial charge in [0.05, 0.1) is 12.7 Å². The van der Waals surface area contributed by atoms with Crippen LogP contribution in [0.2, 0.25) is 0 Å². The van der Waals surface area contributed by atoms with Crippen LogP contribution in [-0.4, -0.2) is 57.6 Å². The predicted molar refractivity (Wildman–Crippen MR) is 53.2 cm³/mol. The monoisotopic (exact) mass is 220 g/mol. The van der Waals surface area contributed by atoms with Crippen molar-refractivity contribution in [2.45, 2.75) is 50.8 Å². The van der Waals surface area contributed by atoms with E-state index in [2.05, 4.69) is 0 Å². The molecule has 1 rings (SSSR count). The number of hydrogen-bond acceptors (Lipinski definition) is 5. The Hall–Kier alpha value is -0.200. The van der Waals surface area contributed by atoms with E-state index < -0.39 is 30.5 Å². The lowest BCUT2D eigenvalue weighted by Gasteiger charge is -2.40. The quantitative estimate of drug-likeness (QED) is 0.483. The van der Waals surface area contributed by atoms with Gasteiger partial charge in [-0.2, -0.15) is 0 Å². The third-order valence-electron chi connectivity index (χ3n) is 2.69. The van der Waals surface area contributed by atoms with Crippen molar-refractivity contribution in [3.8, 4) is 0 Å². The first kappa shape index (κ1) is 12.9. The Labute approximate surface area is 89.3 Å². The number of rotatable bonds is 3. The SMILES string of the molecule is CC(C)C[C@@H]1O[C@H](CO)[C@H](O)[C@H](O)[C@H]1O. The van der Waals surface area contributed by atoms with Crippen LogP contribution in [0.15, 0.2) is 0 Å². The fourth-order valence-corrected chi connectivity index (χ4v) is 1.84. The van der Waals surface area contributed by atoms with E-state index in [-0.39, 0.29) is 6.61 Å². The highest BCUT2D eigenvalue weighted by Crippen LogP contribution is 2.25. The standard InChI is InChI=1S/C10H20O5/c1-5(2)3-6-8(12)10(14)9(13)7(4-11)15-6/h5-14H,3-4H2,1-2H3/t6-,7+,8-,9-,10+/m0/s1. The maximum absolute atomic E-state index is 9.65. The third-order valence-corrected chi connectivity index (χ3v) is 2.69. The molecule has 4 N–H and O–H groups in total. The fraction of sp³-hybridized carbons (Fsp3) is 1.00. The van der Waals surface area contributed by atoms with Crippen molar-refractivity contribution >= 4 is 0 Å². The summed E-state index contributed by atoms with van der Waals surface area (Å²) in [4.78, 5) is 0. The average Bonchev–Trinajstić information content (AvgIpc) is 2.18. The largest absolute Gasteiger partial charge is 0.394 e. The molecule has 5 heteroatoms. The molecule has 0 bridgehead atoms. The van der Waals surface area contributed by atoms with Crippen LogP contribution in [0.1, 0.15) is 20.3 Å². The highest BCUT2D eigenvalue weighted by molar-refractivity contribution is 4.92. The Morgan fingerprint density at radius 2 is 1.53 bits per heavy atom. The summed E-state index contributed by atoms with van der Waals surface area (Å²) < 4.78 is 5.33. The first-order chi connectivity index (χ1) is 6.97. The van der Waals surface area contributed by atoms with Crippen LogP contribution < -0.4 is 0 Å². The van der Waals surface area contributed by atoms with Crippen LogP contribution in [0, 0.1) is 5.92 Å². The number of hydrogen-bond donors (Lipinski definition) is 4. The maximum Gasteiger partial charge on any atom is 0.111 e. The number of ether oxygens (including phenoxy) is 1. The fourth-order valence-electron chi connectivity index (χ4n) is 1.84. The van der Waals surface area contributed by atoms with E-state index in [1.54, 1.807) is 0 Å². The second-order valence-corrected chi connectivity index (χ2v) is 4.50. The minimum Gasteiger partial charge on any atom is -0.394 e. The van der Waals surface area contributed by atoms with Crippen LogP contribution in [0.5, 0.6) is 0 Å². The van der Waals surface area contributed by atoms with Crippen molar-refractivity contribution < 1.29 is 25.2 Å². The van der Waals surface area contributed by atoms with Crippen molar-refractivity contribution in [1.29, 1.82) is 0 Å². The van der Waals surface area contributed by atoms with Crippen LogP contribution in [-0.2, 0) is 4.74 Å². The van der Waals surface area contributed by atoms with E-state index in [4.69, 9.17) is 9.84 Å². The molecule has 0 aromatic carbocycles. The zero-order valence-electron chi connectivity index (χ0n) is 9.08. The first-order valence-corrected chi connectivity index (χ1v) is 5.28. The molecular weight excluding hydrogens is 200 g/mol. The van der Waals surface area contributed by atoms with Crippen LogP contribution in [0.25, 0.3) is 0 Å². The highest BCUT2D eigenvalue weighted by atomic mass is 16.5. The van der Waals surface area contributed by atoms with Gasteiger partial charge in [-0.1, -0.05) is 13.8 Å². The van der Waals surface area contributed by atoms with Crippen molar-refractivity contribution in [3.63, 3.8) is 0 Å². The Balaban J connectivity index is 2.65. The van der Waals surface area contributed by atoms with Gasteiger partial charge in [0.25, 0.3) is 0 Å². The smallest absolute Gasteiger partial charge is 0.111 e. The lowest BCUT2D eigenvalue weighted by molar-refractivity contribution is -0.232. The van der Waals surface area contributed by atoms with Crippen LogP contribution >= 0.6 is 0 Å². The van der Waals surface area contributed by atoms with Gasteiger partial charge in [-0.25, -0.2) is 0 Å². The molecular formula is C10H20O5. The Morgan fingerprint density at radius 1 is 1.00 bits per heavy atom. The van der Waals surface area contributed by atoms with Crippen LogP contribution in [0.4, 0.5) is 0 Å².